The molecule has 31 heavy (non-hydrogen) atoms. The van der Waals surface area contributed by atoms with Gasteiger partial charge in [-0.25, -0.2) is 0 Å². The Kier molecular flexibility index (Phi) is 8.21. The number of hydrogen-bond donors (Lipinski definition) is 9. The summed E-state index contributed by atoms with van der Waals surface area (Å²) in [5.41, 5.74) is 0. The molecule has 14 nitrogen and oxygen atoms in total. The molecule has 0 unspecified atom stereocenters. The molecule has 14 heteroatoms. The maximum absolute atomic E-state index is 10.6. The van der Waals surface area contributed by atoms with E-state index in [-0.39, 0.29) is 0 Å². The Morgan fingerprint density at radius 2 is 1.32 bits per heavy atom. The van der Waals surface area contributed by atoms with Crippen molar-refractivity contribution in [3.05, 3.63) is 0 Å². The van der Waals surface area contributed by atoms with Gasteiger partial charge in [-0.3, -0.25) is 0 Å². The Morgan fingerprint density at radius 3 is 1.97 bits per heavy atom. The number of hydrogen-bond acceptors (Lipinski definition) is 14. The molecule has 0 aromatic carbocycles. The van der Waals surface area contributed by atoms with Gasteiger partial charge >= 0.3 is 0 Å². The maximum Gasteiger partial charge on any atom is 0.187 e. The molecule has 3 rings (SSSR count). The van der Waals surface area contributed by atoms with E-state index in [9.17, 15) is 46.0 Å². The first-order chi connectivity index (χ1) is 14.6. The Bertz CT molecular complexity index is 581. The van der Waals surface area contributed by atoms with Crippen molar-refractivity contribution in [2.24, 2.45) is 0 Å². The van der Waals surface area contributed by atoms with E-state index in [0.29, 0.717) is 0 Å². The zero-order valence-electron chi connectivity index (χ0n) is 16.6. The second kappa shape index (κ2) is 10.1. The van der Waals surface area contributed by atoms with Crippen LogP contribution in [0.2, 0.25) is 0 Å². The molecule has 3 aliphatic heterocycles. The van der Waals surface area contributed by atoms with Gasteiger partial charge in [0.2, 0.25) is 0 Å². The molecule has 0 aromatic rings. The van der Waals surface area contributed by atoms with Crippen molar-refractivity contribution in [1.82, 2.24) is 0 Å². The normalized spacial score (nSPS) is 54.0. The van der Waals surface area contributed by atoms with Crippen LogP contribution < -0.4 is 0 Å². The maximum atomic E-state index is 10.6. The lowest BCUT2D eigenvalue weighted by molar-refractivity contribution is -0.381. The van der Waals surface area contributed by atoms with E-state index in [4.69, 9.17) is 23.7 Å². The molecule has 9 N–H and O–H groups in total. The summed E-state index contributed by atoms with van der Waals surface area (Å²) in [6, 6.07) is 0. The van der Waals surface area contributed by atoms with Crippen molar-refractivity contribution < 1.29 is 69.6 Å². The lowest BCUT2D eigenvalue weighted by Gasteiger charge is -2.47. The highest BCUT2D eigenvalue weighted by Gasteiger charge is 2.52. The van der Waals surface area contributed by atoms with Gasteiger partial charge in [0.1, 0.15) is 61.0 Å². The quantitative estimate of drug-likeness (QED) is 0.187. The minimum atomic E-state index is -1.82. The summed E-state index contributed by atoms with van der Waals surface area (Å²) in [5, 5.41) is 89.8. The number of aliphatic hydroxyl groups is 9. The summed E-state index contributed by atoms with van der Waals surface area (Å²) < 4.78 is 26.6. The molecule has 0 spiro atoms. The summed E-state index contributed by atoms with van der Waals surface area (Å²) in [5.74, 6) is 0. The molecule has 0 amide bonds. The molecule has 0 bridgehead atoms. The third-order valence-corrected chi connectivity index (χ3v) is 5.66. The largest absolute Gasteiger partial charge is 0.394 e. The summed E-state index contributed by atoms with van der Waals surface area (Å²) >= 11 is 0. The SMILES string of the molecule is C[C@@H]1O[C@@H](O[C@@H]2[C@@H](O[C@@H]3OC[C@@H](O)[C@H](O)[C@H]3O)[C@H](O)[C@@H](CO)O[C@H]2O)[C@H](O)[C@H](O)[C@H]1O. The van der Waals surface area contributed by atoms with E-state index in [1.807, 2.05) is 0 Å². The van der Waals surface area contributed by atoms with Crippen LogP contribution >= 0.6 is 0 Å². The van der Waals surface area contributed by atoms with Gasteiger partial charge < -0.3 is 69.6 Å². The molecular formula is C17H30O14. The number of ether oxygens (including phenoxy) is 5. The molecule has 3 aliphatic rings. The Hall–Kier alpha value is -0.560. The van der Waals surface area contributed by atoms with Gasteiger partial charge in [-0.05, 0) is 6.92 Å². The van der Waals surface area contributed by atoms with Gasteiger partial charge in [0.15, 0.2) is 18.9 Å². The predicted molar refractivity (Wildman–Crippen MR) is 93.8 cm³/mol. The molecule has 0 radical (unpaired) electrons. The van der Waals surface area contributed by atoms with Crippen LogP contribution in [-0.4, -0.2) is 145 Å². The minimum Gasteiger partial charge on any atom is -0.394 e. The number of aliphatic hydroxyl groups excluding tert-OH is 9. The van der Waals surface area contributed by atoms with E-state index in [0.717, 1.165) is 0 Å². The van der Waals surface area contributed by atoms with Gasteiger partial charge in [0.05, 0.1) is 19.3 Å². The third kappa shape index (κ3) is 5.02. The average molecular weight is 458 g/mol. The van der Waals surface area contributed by atoms with Crippen LogP contribution in [0.3, 0.4) is 0 Å². The van der Waals surface area contributed by atoms with Crippen LogP contribution in [0.5, 0.6) is 0 Å². The number of rotatable bonds is 5. The lowest BCUT2D eigenvalue weighted by atomic mass is 9.97. The van der Waals surface area contributed by atoms with E-state index in [2.05, 4.69) is 0 Å². The smallest absolute Gasteiger partial charge is 0.187 e. The van der Waals surface area contributed by atoms with Crippen LogP contribution in [-0.2, 0) is 23.7 Å². The first-order valence-corrected chi connectivity index (χ1v) is 9.85. The third-order valence-electron chi connectivity index (χ3n) is 5.66. The van der Waals surface area contributed by atoms with E-state index in [1.165, 1.54) is 6.92 Å². The van der Waals surface area contributed by atoms with Gasteiger partial charge in [-0.15, -0.1) is 0 Å². The highest BCUT2D eigenvalue weighted by atomic mass is 16.8. The summed E-state index contributed by atoms with van der Waals surface area (Å²) in [6.45, 7) is 0.296. The van der Waals surface area contributed by atoms with Crippen LogP contribution in [0.4, 0.5) is 0 Å². The van der Waals surface area contributed by atoms with Crippen molar-refractivity contribution in [3.8, 4) is 0 Å². The van der Waals surface area contributed by atoms with Gasteiger partial charge in [-0.2, -0.15) is 0 Å². The fraction of sp³-hybridized carbons (Fsp3) is 1.00. The van der Waals surface area contributed by atoms with Crippen molar-refractivity contribution in [2.45, 2.75) is 92.9 Å². The Balaban J connectivity index is 1.79. The second-order valence-electron chi connectivity index (χ2n) is 7.87. The van der Waals surface area contributed by atoms with Crippen molar-refractivity contribution >= 4 is 0 Å². The second-order valence-corrected chi connectivity index (χ2v) is 7.87. The molecule has 14 atom stereocenters. The first-order valence-electron chi connectivity index (χ1n) is 9.85. The molecule has 0 saturated carbocycles. The minimum absolute atomic E-state index is 0.397. The molecule has 0 aromatic heterocycles. The molecular weight excluding hydrogens is 428 g/mol. The van der Waals surface area contributed by atoms with Crippen LogP contribution in [0, 0.1) is 0 Å². The van der Waals surface area contributed by atoms with E-state index in [1.54, 1.807) is 0 Å². The highest BCUT2D eigenvalue weighted by molar-refractivity contribution is 4.95. The average Bonchev–Trinajstić information content (AvgIpc) is 2.74. The van der Waals surface area contributed by atoms with Crippen LogP contribution in [0.1, 0.15) is 6.92 Å². The summed E-state index contributed by atoms with van der Waals surface area (Å²) in [6.07, 6.45) is -21.5. The molecule has 3 fully saturated rings. The summed E-state index contributed by atoms with van der Waals surface area (Å²) in [7, 11) is 0. The van der Waals surface area contributed by atoms with Crippen LogP contribution in [0.15, 0.2) is 0 Å². The topological polar surface area (TPSA) is 228 Å². The molecule has 182 valence electrons. The standard InChI is InChI=1S/C17H30O14/c1-4-7(20)10(23)12(25)17(28-4)31-14-13(9(22)6(2-18)29-15(14)26)30-16-11(24)8(21)5(19)3-27-16/h4-26H,2-3H2,1H3/t4-,5+,6+,7-,8-,9+,10+,11+,12+,13-,14+,15+,16-,17-/m0/s1. The lowest BCUT2D eigenvalue weighted by Crippen LogP contribution is -2.65. The van der Waals surface area contributed by atoms with Gasteiger partial charge in [0.25, 0.3) is 0 Å². The Labute approximate surface area is 176 Å². The Morgan fingerprint density at radius 1 is 0.710 bits per heavy atom. The molecule has 0 aliphatic carbocycles. The van der Waals surface area contributed by atoms with Crippen molar-refractivity contribution in [3.63, 3.8) is 0 Å². The zero-order valence-corrected chi connectivity index (χ0v) is 16.6. The van der Waals surface area contributed by atoms with E-state index >= 15 is 0 Å². The first kappa shape index (κ1) is 25.1. The molecule has 3 heterocycles. The van der Waals surface area contributed by atoms with Crippen LogP contribution in [0.25, 0.3) is 0 Å². The van der Waals surface area contributed by atoms with Crippen molar-refractivity contribution in [1.29, 1.82) is 0 Å². The zero-order chi connectivity index (χ0) is 23.0. The molecule has 3 saturated heterocycles. The van der Waals surface area contributed by atoms with Gasteiger partial charge in [-0.1, -0.05) is 0 Å². The fourth-order valence-electron chi connectivity index (χ4n) is 3.69. The van der Waals surface area contributed by atoms with Gasteiger partial charge in [0, 0.05) is 0 Å². The van der Waals surface area contributed by atoms with E-state index < -0.39 is 99.2 Å². The predicted octanol–water partition coefficient (Wildman–Crippen LogP) is -5.91. The highest BCUT2D eigenvalue weighted by Crippen LogP contribution is 2.31. The fourth-order valence-corrected chi connectivity index (χ4v) is 3.69. The monoisotopic (exact) mass is 458 g/mol. The summed E-state index contributed by atoms with van der Waals surface area (Å²) in [4.78, 5) is 0. The van der Waals surface area contributed by atoms with Crippen molar-refractivity contribution in [2.75, 3.05) is 13.2 Å².